The maximum atomic E-state index is 11.9. The zero-order valence-corrected chi connectivity index (χ0v) is 11.9. The molecule has 0 amide bonds. The molecule has 5 nitrogen and oxygen atoms in total. The second-order valence-corrected chi connectivity index (χ2v) is 4.44. The van der Waals surface area contributed by atoms with E-state index >= 15 is 0 Å². The minimum Gasteiger partial charge on any atom is -0.492 e. The van der Waals surface area contributed by atoms with Crippen molar-refractivity contribution in [3.8, 4) is 5.75 Å². The van der Waals surface area contributed by atoms with Crippen molar-refractivity contribution in [1.82, 2.24) is 4.98 Å². The second-order valence-electron chi connectivity index (χ2n) is 4.44. The summed E-state index contributed by atoms with van der Waals surface area (Å²) in [5.74, 6) is 0.0335. The molecule has 21 heavy (non-hydrogen) atoms. The summed E-state index contributed by atoms with van der Waals surface area (Å²) in [6.07, 6.45) is 4.21. The maximum absolute atomic E-state index is 11.9. The summed E-state index contributed by atoms with van der Waals surface area (Å²) in [6, 6.07) is 8.75. The van der Waals surface area contributed by atoms with Crippen LogP contribution < -0.4 is 10.5 Å². The first-order valence-corrected chi connectivity index (χ1v) is 6.79. The van der Waals surface area contributed by atoms with E-state index in [2.05, 4.69) is 4.98 Å². The van der Waals surface area contributed by atoms with E-state index in [0.717, 1.165) is 5.56 Å². The molecule has 0 aliphatic heterocycles. The molecule has 1 aromatic carbocycles. The van der Waals surface area contributed by atoms with Crippen LogP contribution in [0.3, 0.4) is 0 Å². The highest BCUT2D eigenvalue weighted by Crippen LogP contribution is 2.23. The van der Waals surface area contributed by atoms with Crippen LogP contribution >= 0.6 is 0 Å². The first kappa shape index (κ1) is 14.8. The smallest absolute Gasteiger partial charge is 0.341 e. The lowest BCUT2D eigenvalue weighted by molar-refractivity contribution is 0.0522. The van der Waals surface area contributed by atoms with E-state index in [1.807, 2.05) is 12.1 Å². The number of nitrogen functional groups attached to an aromatic ring is 1. The van der Waals surface area contributed by atoms with Gasteiger partial charge in [-0.05, 0) is 30.7 Å². The average molecular weight is 286 g/mol. The Morgan fingerprint density at radius 1 is 1.33 bits per heavy atom. The molecule has 0 fully saturated rings. The number of esters is 1. The Kier molecular flexibility index (Phi) is 5.15. The first-order valence-electron chi connectivity index (χ1n) is 6.79. The van der Waals surface area contributed by atoms with Crippen molar-refractivity contribution in [1.29, 1.82) is 0 Å². The van der Waals surface area contributed by atoms with Crippen LogP contribution in [0.25, 0.3) is 0 Å². The Hall–Kier alpha value is -2.56. The molecule has 0 atom stereocenters. The summed E-state index contributed by atoms with van der Waals surface area (Å²) < 4.78 is 10.7. The monoisotopic (exact) mass is 286 g/mol. The van der Waals surface area contributed by atoms with Crippen molar-refractivity contribution in [2.75, 3.05) is 18.9 Å². The highest BCUT2D eigenvalue weighted by Gasteiger charge is 2.14. The molecule has 5 heteroatoms. The lowest BCUT2D eigenvalue weighted by Crippen LogP contribution is -2.10. The van der Waals surface area contributed by atoms with Crippen LogP contribution in [-0.2, 0) is 11.2 Å². The van der Waals surface area contributed by atoms with Gasteiger partial charge in [-0.15, -0.1) is 0 Å². The molecule has 0 saturated heterocycles. The molecule has 0 unspecified atom stereocenters. The number of hydrogen-bond donors (Lipinski definition) is 1. The van der Waals surface area contributed by atoms with Crippen LogP contribution in [0.15, 0.2) is 42.7 Å². The van der Waals surface area contributed by atoms with Gasteiger partial charge in [-0.1, -0.05) is 6.07 Å². The number of carbonyl (C=O) groups excluding carboxylic acids is 1. The first-order chi connectivity index (χ1) is 10.2. The fourth-order valence-corrected chi connectivity index (χ4v) is 1.86. The standard InChI is InChI=1S/C16H18N2O3/c1-2-20-16(19)14-6-5-13(17)10-15(14)21-9-7-12-4-3-8-18-11-12/h3-6,8,10-11H,2,7,9,17H2,1H3. The van der Waals surface area contributed by atoms with E-state index in [4.69, 9.17) is 15.2 Å². The number of pyridine rings is 1. The number of rotatable bonds is 6. The third-order valence-corrected chi connectivity index (χ3v) is 2.87. The van der Waals surface area contributed by atoms with Crippen molar-refractivity contribution in [3.63, 3.8) is 0 Å². The number of ether oxygens (including phenoxy) is 2. The molecule has 2 N–H and O–H groups in total. The van der Waals surface area contributed by atoms with Gasteiger partial charge in [0.15, 0.2) is 0 Å². The van der Waals surface area contributed by atoms with Gasteiger partial charge in [0, 0.05) is 30.6 Å². The van der Waals surface area contributed by atoms with E-state index in [0.29, 0.717) is 36.6 Å². The minimum atomic E-state index is -0.408. The molecule has 0 spiro atoms. The lowest BCUT2D eigenvalue weighted by atomic mass is 10.2. The quantitative estimate of drug-likeness (QED) is 0.652. The maximum Gasteiger partial charge on any atom is 0.341 e. The molecule has 0 saturated carbocycles. The number of anilines is 1. The topological polar surface area (TPSA) is 74.4 Å². The highest BCUT2D eigenvalue weighted by atomic mass is 16.5. The number of carbonyl (C=O) groups is 1. The molecule has 2 rings (SSSR count). The van der Waals surface area contributed by atoms with Crippen LogP contribution in [0.1, 0.15) is 22.8 Å². The third-order valence-electron chi connectivity index (χ3n) is 2.87. The largest absolute Gasteiger partial charge is 0.492 e. The second kappa shape index (κ2) is 7.28. The van der Waals surface area contributed by atoms with Crippen LogP contribution in [0, 0.1) is 0 Å². The molecule has 0 radical (unpaired) electrons. The van der Waals surface area contributed by atoms with Crippen molar-refractivity contribution < 1.29 is 14.3 Å². The number of nitrogens with two attached hydrogens (primary N) is 1. The van der Waals surface area contributed by atoms with E-state index in [9.17, 15) is 4.79 Å². The molecular formula is C16H18N2O3. The van der Waals surface area contributed by atoms with Gasteiger partial charge < -0.3 is 15.2 Å². The lowest BCUT2D eigenvalue weighted by Gasteiger charge is -2.11. The predicted octanol–water partition coefficient (Wildman–Crippen LogP) is 2.46. The van der Waals surface area contributed by atoms with Crippen LogP contribution in [0.4, 0.5) is 5.69 Å². The number of hydrogen-bond acceptors (Lipinski definition) is 5. The molecule has 0 bridgehead atoms. The van der Waals surface area contributed by atoms with E-state index in [1.54, 1.807) is 37.5 Å². The Morgan fingerprint density at radius 3 is 2.90 bits per heavy atom. The van der Waals surface area contributed by atoms with Crippen molar-refractivity contribution in [2.24, 2.45) is 0 Å². The van der Waals surface area contributed by atoms with Crippen LogP contribution in [-0.4, -0.2) is 24.2 Å². The molecule has 1 heterocycles. The van der Waals surface area contributed by atoms with Gasteiger partial charge in [-0.25, -0.2) is 4.79 Å². The molecule has 0 aliphatic rings. The SMILES string of the molecule is CCOC(=O)c1ccc(N)cc1OCCc1cccnc1. The molecule has 2 aromatic rings. The van der Waals surface area contributed by atoms with Gasteiger partial charge in [0.05, 0.1) is 13.2 Å². The zero-order valence-electron chi connectivity index (χ0n) is 11.9. The minimum absolute atomic E-state index is 0.318. The van der Waals surface area contributed by atoms with Gasteiger partial charge in [-0.3, -0.25) is 4.98 Å². The van der Waals surface area contributed by atoms with E-state index < -0.39 is 5.97 Å². The Bertz CT molecular complexity index is 600. The van der Waals surface area contributed by atoms with Crippen LogP contribution in [0.2, 0.25) is 0 Å². The number of aromatic nitrogens is 1. The van der Waals surface area contributed by atoms with Crippen molar-refractivity contribution >= 4 is 11.7 Å². The third kappa shape index (κ3) is 4.21. The Morgan fingerprint density at radius 2 is 2.19 bits per heavy atom. The summed E-state index contributed by atoms with van der Waals surface area (Å²) in [4.78, 5) is 15.9. The van der Waals surface area contributed by atoms with Crippen LogP contribution in [0.5, 0.6) is 5.75 Å². The molecule has 0 aliphatic carbocycles. The van der Waals surface area contributed by atoms with Gasteiger partial charge in [0.2, 0.25) is 0 Å². The van der Waals surface area contributed by atoms with E-state index in [1.165, 1.54) is 0 Å². The van der Waals surface area contributed by atoms with Gasteiger partial charge >= 0.3 is 5.97 Å². The van der Waals surface area contributed by atoms with Crippen molar-refractivity contribution in [3.05, 3.63) is 53.9 Å². The summed E-state index contributed by atoms with van der Waals surface area (Å²) in [7, 11) is 0. The molecule has 1 aromatic heterocycles. The summed E-state index contributed by atoms with van der Waals surface area (Å²) in [6.45, 7) is 2.51. The van der Waals surface area contributed by atoms with Gasteiger partial charge in [0.25, 0.3) is 0 Å². The van der Waals surface area contributed by atoms with E-state index in [-0.39, 0.29) is 0 Å². The van der Waals surface area contributed by atoms with Gasteiger partial charge in [-0.2, -0.15) is 0 Å². The zero-order chi connectivity index (χ0) is 15.1. The fraction of sp³-hybridized carbons (Fsp3) is 0.250. The normalized spacial score (nSPS) is 10.1. The summed E-state index contributed by atoms with van der Waals surface area (Å²) in [5.41, 5.74) is 7.74. The van der Waals surface area contributed by atoms with Crippen molar-refractivity contribution in [2.45, 2.75) is 13.3 Å². The Balaban J connectivity index is 2.04. The average Bonchev–Trinajstić information content (AvgIpc) is 2.49. The summed E-state index contributed by atoms with van der Waals surface area (Å²) in [5, 5.41) is 0. The number of benzene rings is 1. The predicted molar refractivity (Wildman–Crippen MR) is 80.2 cm³/mol. The highest BCUT2D eigenvalue weighted by molar-refractivity contribution is 5.93. The Labute approximate surface area is 123 Å². The molecule has 110 valence electrons. The molecular weight excluding hydrogens is 268 g/mol. The summed E-state index contributed by atoms with van der Waals surface area (Å²) >= 11 is 0. The number of nitrogens with zero attached hydrogens (tertiary/aromatic N) is 1. The fourth-order valence-electron chi connectivity index (χ4n) is 1.86. The van der Waals surface area contributed by atoms with Gasteiger partial charge in [0.1, 0.15) is 11.3 Å².